The predicted octanol–water partition coefficient (Wildman–Crippen LogP) is 2.16. The first-order chi connectivity index (χ1) is 10.2. The summed E-state index contributed by atoms with van der Waals surface area (Å²) < 4.78 is 16.3. The SMILES string of the molecule is CCCC(COc1nc(Cl)cc(N2CCOCC2)n1)OC. The summed E-state index contributed by atoms with van der Waals surface area (Å²) in [5.74, 6) is 0.776. The molecule has 1 saturated heterocycles. The number of aromatic nitrogens is 2. The first-order valence-electron chi connectivity index (χ1n) is 7.25. The van der Waals surface area contributed by atoms with Crippen LogP contribution in [0.2, 0.25) is 5.15 Å². The lowest BCUT2D eigenvalue weighted by atomic mass is 10.2. The zero-order chi connectivity index (χ0) is 15.1. The van der Waals surface area contributed by atoms with Crippen LogP contribution in [0.3, 0.4) is 0 Å². The molecule has 6 nitrogen and oxygen atoms in total. The highest BCUT2D eigenvalue weighted by Crippen LogP contribution is 2.20. The zero-order valence-corrected chi connectivity index (χ0v) is 13.3. The second kappa shape index (κ2) is 8.36. The maximum Gasteiger partial charge on any atom is 0.319 e. The fraction of sp³-hybridized carbons (Fsp3) is 0.714. The van der Waals surface area contributed by atoms with Gasteiger partial charge in [-0.05, 0) is 6.42 Å². The molecule has 0 spiro atoms. The number of hydrogen-bond donors (Lipinski definition) is 0. The van der Waals surface area contributed by atoms with Crippen molar-refractivity contribution in [2.75, 3.05) is 44.9 Å². The van der Waals surface area contributed by atoms with Gasteiger partial charge >= 0.3 is 6.01 Å². The predicted molar refractivity (Wildman–Crippen MR) is 81.3 cm³/mol. The smallest absolute Gasteiger partial charge is 0.319 e. The monoisotopic (exact) mass is 315 g/mol. The molecule has 0 aliphatic carbocycles. The standard InChI is InChI=1S/C14H22ClN3O3/c1-3-4-11(19-2)10-21-14-16-12(15)9-13(17-14)18-5-7-20-8-6-18/h9,11H,3-8,10H2,1-2H3. The Morgan fingerprint density at radius 3 is 2.81 bits per heavy atom. The molecule has 0 N–H and O–H groups in total. The fourth-order valence-corrected chi connectivity index (χ4v) is 2.33. The Labute approximate surface area is 130 Å². The molecule has 1 unspecified atom stereocenters. The van der Waals surface area contributed by atoms with Gasteiger partial charge in [-0.1, -0.05) is 24.9 Å². The minimum absolute atomic E-state index is 0.0458. The van der Waals surface area contributed by atoms with Gasteiger partial charge in [-0.2, -0.15) is 9.97 Å². The van der Waals surface area contributed by atoms with Crippen LogP contribution in [0.15, 0.2) is 6.07 Å². The molecule has 1 atom stereocenters. The van der Waals surface area contributed by atoms with Crippen molar-refractivity contribution < 1.29 is 14.2 Å². The summed E-state index contributed by atoms with van der Waals surface area (Å²) >= 11 is 6.06. The van der Waals surface area contributed by atoms with Crippen LogP contribution in [-0.2, 0) is 9.47 Å². The van der Waals surface area contributed by atoms with Gasteiger partial charge in [-0.15, -0.1) is 0 Å². The minimum atomic E-state index is 0.0458. The van der Waals surface area contributed by atoms with Crippen molar-refractivity contribution in [3.05, 3.63) is 11.2 Å². The van der Waals surface area contributed by atoms with Crippen molar-refractivity contribution in [3.8, 4) is 6.01 Å². The summed E-state index contributed by atoms with van der Waals surface area (Å²) in [5, 5.41) is 0.381. The Bertz CT molecular complexity index is 441. The van der Waals surface area contributed by atoms with Crippen molar-refractivity contribution in [3.63, 3.8) is 0 Å². The van der Waals surface area contributed by atoms with Gasteiger partial charge in [-0.25, -0.2) is 0 Å². The van der Waals surface area contributed by atoms with Crippen LogP contribution in [0, 0.1) is 0 Å². The molecule has 1 aliphatic heterocycles. The molecule has 118 valence electrons. The van der Waals surface area contributed by atoms with E-state index < -0.39 is 0 Å². The third-order valence-electron chi connectivity index (χ3n) is 3.34. The Balaban J connectivity index is 2.00. The molecule has 0 saturated carbocycles. The lowest BCUT2D eigenvalue weighted by Gasteiger charge is -2.27. The van der Waals surface area contributed by atoms with Crippen LogP contribution >= 0.6 is 11.6 Å². The number of halogens is 1. The molecule has 1 fully saturated rings. The van der Waals surface area contributed by atoms with Crippen molar-refractivity contribution >= 4 is 17.4 Å². The van der Waals surface area contributed by atoms with Gasteiger partial charge in [0.2, 0.25) is 0 Å². The number of methoxy groups -OCH3 is 1. The van der Waals surface area contributed by atoms with Gasteiger partial charge in [0.25, 0.3) is 0 Å². The van der Waals surface area contributed by atoms with Crippen LogP contribution in [0.5, 0.6) is 6.01 Å². The van der Waals surface area contributed by atoms with Gasteiger partial charge in [0.15, 0.2) is 0 Å². The van der Waals surface area contributed by atoms with E-state index in [0.29, 0.717) is 31.0 Å². The van der Waals surface area contributed by atoms with Crippen LogP contribution in [0.4, 0.5) is 5.82 Å². The number of nitrogens with zero attached hydrogens (tertiary/aromatic N) is 3. The molecular formula is C14H22ClN3O3. The summed E-state index contributed by atoms with van der Waals surface area (Å²) in [6.07, 6.45) is 2.02. The maximum absolute atomic E-state index is 6.06. The van der Waals surface area contributed by atoms with Crippen molar-refractivity contribution in [2.45, 2.75) is 25.9 Å². The van der Waals surface area contributed by atoms with Crippen molar-refractivity contribution in [1.29, 1.82) is 0 Å². The number of morpholine rings is 1. The van der Waals surface area contributed by atoms with E-state index in [2.05, 4.69) is 21.8 Å². The van der Waals surface area contributed by atoms with Gasteiger partial charge in [0.05, 0.1) is 19.3 Å². The Morgan fingerprint density at radius 1 is 1.38 bits per heavy atom. The molecule has 1 aromatic rings. The number of rotatable bonds is 7. The number of hydrogen-bond acceptors (Lipinski definition) is 6. The first kappa shape index (κ1) is 16.3. The van der Waals surface area contributed by atoms with E-state index >= 15 is 0 Å². The van der Waals surface area contributed by atoms with Crippen molar-refractivity contribution in [2.24, 2.45) is 0 Å². The van der Waals surface area contributed by atoms with Gasteiger partial charge in [0.1, 0.15) is 17.6 Å². The van der Waals surface area contributed by atoms with Crippen LogP contribution < -0.4 is 9.64 Å². The highest BCUT2D eigenvalue weighted by Gasteiger charge is 2.16. The lowest BCUT2D eigenvalue weighted by molar-refractivity contribution is 0.0483. The topological polar surface area (TPSA) is 56.7 Å². The highest BCUT2D eigenvalue weighted by molar-refractivity contribution is 6.29. The lowest BCUT2D eigenvalue weighted by Crippen LogP contribution is -2.36. The van der Waals surface area contributed by atoms with Crippen LogP contribution in [0.1, 0.15) is 19.8 Å². The fourth-order valence-electron chi connectivity index (χ4n) is 2.16. The molecular weight excluding hydrogens is 294 g/mol. The molecule has 0 bridgehead atoms. The summed E-state index contributed by atoms with van der Waals surface area (Å²) in [7, 11) is 1.68. The van der Waals surface area contributed by atoms with E-state index in [1.165, 1.54) is 0 Å². The van der Waals surface area contributed by atoms with E-state index in [4.69, 9.17) is 25.8 Å². The number of anilines is 1. The minimum Gasteiger partial charge on any atom is -0.461 e. The summed E-state index contributed by atoms with van der Waals surface area (Å²) in [6, 6.07) is 2.04. The Kier molecular flexibility index (Phi) is 6.48. The van der Waals surface area contributed by atoms with Gasteiger partial charge in [0, 0.05) is 26.3 Å². The third-order valence-corrected chi connectivity index (χ3v) is 3.53. The number of ether oxygens (including phenoxy) is 3. The molecule has 2 rings (SSSR count). The average molecular weight is 316 g/mol. The van der Waals surface area contributed by atoms with E-state index in [-0.39, 0.29) is 6.10 Å². The quantitative estimate of drug-likeness (QED) is 0.719. The van der Waals surface area contributed by atoms with Crippen LogP contribution in [0.25, 0.3) is 0 Å². The average Bonchev–Trinajstić information content (AvgIpc) is 2.52. The Hall–Kier alpha value is -1.11. The first-order valence-corrected chi connectivity index (χ1v) is 7.63. The molecule has 0 amide bonds. The zero-order valence-electron chi connectivity index (χ0n) is 12.5. The second-order valence-electron chi connectivity index (χ2n) is 4.89. The molecule has 7 heteroatoms. The Morgan fingerprint density at radius 2 is 2.14 bits per heavy atom. The van der Waals surface area contributed by atoms with E-state index in [1.54, 1.807) is 13.2 Å². The van der Waals surface area contributed by atoms with Crippen molar-refractivity contribution in [1.82, 2.24) is 9.97 Å². The molecule has 1 aliphatic rings. The molecule has 1 aromatic heterocycles. The largest absolute Gasteiger partial charge is 0.461 e. The van der Waals surface area contributed by atoms with E-state index in [9.17, 15) is 0 Å². The third kappa shape index (κ3) is 4.98. The summed E-state index contributed by atoms with van der Waals surface area (Å²) in [6.45, 7) is 5.51. The highest BCUT2D eigenvalue weighted by atomic mass is 35.5. The van der Waals surface area contributed by atoms with E-state index in [1.807, 2.05) is 0 Å². The normalized spacial score (nSPS) is 16.8. The van der Waals surface area contributed by atoms with E-state index in [0.717, 1.165) is 31.7 Å². The molecule has 21 heavy (non-hydrogen) atoms. The van der Waals surface area contributed by atoms with Crippen LogP contribution in [-0.4, -0.2) is 56.1 Å². The second-order valence-corrected chi connectivity index (χ2v) is 5.28. The van der Waals surface area contributed by atoms with Gasteiger partial charge in [-0.3, -0.25) is 0 Å². The maximum atomic E-state index is 6.06. The van der Waals surface area contributed by atoms with Gasteiger partial charge < -0.3 is 19.1 Å². The molecule has 2 heterocycles. The molecule has 0 radical (unpaired) electrons. The molecule has 0 aromatic carbocycles. The summed E-state index contributed by atoms with van der Waals surface area (Å²) in [4.78, 5) is 10.6. The summed E-state index contributed by atoms with van der Waals surface area (Å²) in [5.41, 5.74) is 0.